The lowest BCUT2D eigenvalue weighted by molar-refractivity contribution is 0.413. The van der Waals surface area contributed by atoms with E-state index in [1.807, 2.05) is 24.3 Å². The maximum absolute atomic E-state index is 13.9. The van der Waals surface area contributed by atoms with Crippen LogP contribution in [0.2, 0.25) is 5.02 Å². The predicted octanol–water partition coefficient (Wildman–Crippen LogP) is 4.65. The standard InChI is InChI=1S/C17H14ClFN2O/c1-22-12-6-7-15(19)11(8-12)9-21-17-13-4-2-3-5-16(13)20-10-14(17)18/h2-8,10H,9H2,1H3,(H,20,21). The van der Waals surface area contributed by atoms with Gasteiger partial charge in [-0.05, 0) is 24.3 Å². The molecular weight excluding hydrogens is 303 g/mol. The van der Waals surface area contributed by atoms with Gasteiger partial charge in [0.05, 0.1) is 23.3 Å². The summed E-state index contributed by atoms with van der Waals surface area (Å²) in [5, 5.41) is 4.60. The van der Waals surface area contributed by atoms with E-state index in [9.17, 15) is 4.39 Å². The van der Waals surface area contributed by atoms with Crippen LogP contribution in [0.5, 0.6) is 5.75 Å². The Hall–Kier alpha value is -2.33. The van der Waals surface area contributed by atoms with Crippen molar-refractivity contribution in [3.8, 4) is 5.75 Å². The van der Waals surface area contributed by atoms with E-state index in [-0.39, 0.29) is 5.82 Å². The first-order chi connectivity index (χ1) is 10.7. The van der Waals surface area contributed by atoms with Crippen molar-refractivity contribution in [1.82, 2.24) is 4.98 Å². The lowest BCUT2D eigenvalue weighted by atomic mass is 10.1. The number of pyridine rings is 1. The van der Waals surface area contributed by atoms with Gasteiger partial charge in [-0.3, -0.25) is 4.98 Å². The van der Waals surface area contributed by atoms with Crippen LogP contribution in [0.1, 0.15) is 5.56 Å². The summed E-state index contributed by atoms with van der Waals surface area (Å²) in [6.07, 6.45) is 1.59. The summed E-state index contributed by atoms with van der Waals surface area (Å²) in [6, 6.07) is 12.3. The van der Waals surface area contributed by atoms with E-state index in [4.69, 9.17) is 16.3 Å². The van der Waals surface area contributed by atoms with Crippen LogP contribution >= 0.6 is 11.6 Å². The maximum Gasteiger partial charge on any atom is 0.128 e. The van der Waals surface area contributed by atoms with Crippen molar-refractivity contribution in [2.24, 2.45) is 0 Å². The number of halogens is 2. The van der Waals surface area contributed by atoms with E-state index >= 15 is 0 Å². The fourth-order valence-electron chi connectivity index (χ4n) is 2.29. The Labute approximate surface area is 132 Å². The Balaban J connectivity index is 1.93. The Morgan fingerprint density at radius 1 is 1.23 bits per heavy atom. The van der Waals surface area contributed by atoms with Gasteiger partial charge in [-0.1, -0.05) is 29.8 Å². The smallest absolute Gasteiger partial charge is 0.128 e. The van der Waals surface area contributed by atoms with E-state index in [0.717, 1.165) is 16.6 Å². The molecule has 0 aliphatic heterocycles. The number of rotatable bonds is 4. The fourth-order valence-corrected chi connectivity index (χ4v) is 2.51. The zero-order valence-electron chi connectivity index (χ0n) is 11.9. The first kappa shape index (κ1) is 14.6. The normalized spacial score (nSPS) is 10.7. The van der Waals surface area contributed by atoms with Crippen molar-refractivity contribution in [3.05, 3.63) is 65.1 Å². The molecule has 0 spiro atoms. The van der Waals surface area contributed by atoms with Gasteiger partial charge in [-0.25, -0.2) is 4.39 Å². The first-order valence-corrected chi connectivity index (χ1v) is 7.16. The summed E-state index contributed by atoms with van der Waals surface area (Å²) < 4.78 is 19.0. The molecule has 1 N–H and O–H groups in total. The molecule has 0 saturated heterocycles. The molecule has 22 heavy (non-hydrogen) atoms. The Bertz CT molecular complexity index is 823. The molecule has 0 radical (unpaired) electrons. The minimum atomic E-state index is -0.289. The van der Waals surface area contributed by atoms with Crippen LogP contribution in [-0.2, 0) is 6.54 Å². The lowest BCUT2D eigenvalue weighted by Crippen LogP contribution is -2.03. The molecule has 0 bridgehead atoms. The van der Waals surface area contributed by atoms with E-state index < -0.39 is 0 Å². The summed E-state index contributed by atoms with van der Waals surface area (Å²) in [7, 11) is 1.55. The van der Waals surface area contributed by atoms with Gasteiger partial charge in [0.15, 0.2) is 0 Å². The second-order valence-electron chi connectivity index (χ2n) is 4.81. The zero-order chi connectivity index (χ0) is 15.5. The molecule has 3 rings (SSSR count). The average Bonchev–Trinajstić information content (AvgIpc) is 2.55. The van der Waals surface area contributed by atoms with Crippen LogP contribution in [0, 0.1) is 5.82 Å². The number of benzene rings is 2. The van der Waals surface area contributed by atoms with Gasteiger partial charge in [-0.2, -0.15) is 0 Å². The number of para-hydroxylation sites is 1. The van der Waals surface area contributed by atoms with Gasteiger partial charge in [0.1, 0.15) is 11.6 Å². The predicted molar refractivity (Wildman–Crippen MR) is 87.0 cm³/mol. The number of ether oxygens (including phenoxy) is 1. The highest BCUT2D eigenvalue weighted by Crippen LogP contribution is 2.30. The minimum Gasteiger partial charge on any atom is -0.497 e. The molecule has 1 aromatic heterocycles. The van der Waals surface area contributed by atoms with Crippen molar-refractivity contribution >= 4 is 28.2 Å². The first-order valence-electron chi connectivity index (χ1n) is 6.78. The highest BCUT2D eigenvalue weighted by molar-refractivity contribution is 6.34. The van der Waals surface area contributed by atoms with Gasteiger partial charge in [0, 0.05) is 23.7 Å². The molecule has 0 fully saturated rings. The summed E-state index contributed by atoms with van der Waals surface area (Å²) in [6.45, 7) is 0.302. The van der Waals surface area contributed by atoms with Crippen molar-refractivity contribution in [3.63, 3.8) is 0 Å². The molecule has 0 aliphatic carbocycles. The van der Waals surface area contributed by atoms with Crippen molar-refractivity contribution in [2.75, 3.05) is 12.4 Å². The zero-order valence-corrected chi connectivity index (χ0v) is 12.7. The molecule has 5 heteroatoms. The van der Waals surface area contributed by atoms with Crippen molar-refractivity contribution in [1.29, 1.82) is 0 Å². The lowest BCUT2D eigenvalue weighted by Gasteiger charge is -2.12. The van der Waals surface area contributed by atoms with Gasteiger partial charge in [0.25, 0.3) is 0 Å². The number of methoxy groups -OCH3 is 1. The van der Waals surface area contributed by atoms with Crippen molar-refractivity contribution < 1.29 is 9.13 Å². The monoisotopic (exact) mass is 316 g/mol. The molecule has 0 saturated carbocycles. The van der Waals surface area contributed by atoms with Crippen LogP contribution in [0.25, 0.3) is 10.9 Å². The third kappa shape index (κ3) is 2.83. The third-order valence-electron chi connectivity index (χ3n) is 3.44. The molecule has 112 valence electrons. The SMILES string of the molecule is COc1ccc(F)c(CNc2c(Cl)cnc3ccccc23)c1. The maximum atomic E-state index is 13.9. The van der Waals surface area contributed by atoms with E-state index in [1.165, 1.54) is 6.07 Å². The van der Waals surface area contributed by atoms with E-state index in [0.29, 0.717) is 22.9 Å². The van der Waals surface area contributed by atoms with Crippen molar-refractivity contribution in [2.45, 2.75) is 6.54 Å². The number of fused-ring (bicyclic) bond motifs is 1. The number of hydrogen-bond acceptors (Lipinski definition) is 3. The molecular formula is C17H14ClFN2O. The minimum absolute atomic E-state index is 0.289. The van der Waals surface area contributed by atoms with Crippen LogP contribution in [0.4, 0.5) is 10.1 Å². The average molecular weight is 317 g/mol. The van der Waals surface area contributed by atoms with Gasteiger partial charge >= 0.3 is 0 Å². The largest absolute Gasteiger partial charge is 0.497 e. The highest BCUT2D eigenvalue weighted by atomic mass is 35.5. The fraction of sp³-hybridized carbons (Fsp3) is 0.118. The Morgan fingerprint density at radius 3 is 2.86 bits per heavy atom. The summed E-state index contributed by atoms with van der Waals surface area (Å²) >= 11 is 6.22. The second-order valence-corrected chi connectivity index (χ2v) is 5.22. The molecule has 0 atom stereocenters. The Morgan fingerprint density at radius 2 is 2.05 bits per heavy atom. The number of nitrogens with zero attached hydrogens (tertiary/aromatic N) is 1. The number of nitrogens with one attached hydrogen (secondary N) is 1. The molecule has 3 nitrogen and oxygen atoms in total. The van der Waals surface area contributed by atoms with E-state index in [2.05, 4.69) is 10.3 Å². The summed E-state index contributed by atoms with van der Waals surface area (Å²) in [4.78, 5) is 4.28. The topological polar surface area (TPSA) is 34.1 Å². The number of aromatic nitrogens is 1. The van der Waals surface area contributed by atoms with Gasteiger partial charge in [-0.15, -0.1) is 0 Å². The van der Waals surface area contributed by atoms with Gasteiger partial charge < -0.3 is 10.1 Å². The Kier molecular flexibility index (Phi) is 4.11. The second kappa shape index (κ2) is 6.20. The molecule has 1 heterocycles. The summed E-state index contributed by atoms with van der Waals surface area (Å²) in [5.41, 5.74) is 2.09. The van der Waals surface area contributed by atoms with Gasteiger partial charge in [0.2, 0.25) is 0 Å². The van der Waals surface area contributed by atoms with E-state index in [1.54, 1.807) is 25.4 Å². The molecule has 0 aliphatic rings. The quantitative estimate of drug-likeness (QED) is 0.761. The van der Waals surface area contributed by atoms with Crippen LogP contribution < -0.4 is 10.1 Å². The molecule has 0 amide bonds. The number of hydrogen-bond donors (Lipinski definition) is 1. The number of anilines is 1. The molecule has 3 aromatic rings. The van der Waals surface area contributed by atoms with Crippen LogP contribution in [0.3, 0.4) is 0 Å². The van der Waals surface area contributed by atoms with Crippen LogP contribution in [0.15, 0.2) is 48.7 Å². The molecule has 0 unspecified atom stereocenters. The van der Waals surface area contributed by atoms with Crippen LogP contribution in [-0.4, -0.2) is 12.1 Å². The third-order valence-corrected chi connectivity index (χ3v) is 3.72. The summed E-state index contributed by atoms with van der Waals surface area (Å²) in [5.74, 6) is 0.326. The highest BCUT2D eigenvalue weighted by Gasteiger charge is 2.09. The molecule has 2 aromatic carbocycles.